The number of carbonyl (C=O) groups is 1. The first-order valence-electron chi connectivity index (χ1n) is 4.34. The van der Waals surface area contributed by atoms with Crippen LogP contribution in [0.4, 0.5) is 13.2 Å². The summed E-state index contributed by atoms with van der Waals surface area (Å²) < 4.78 is 37.7. The van der Waals surface area contributed by atoms with Crippen LogP contribution in [0, 0.1) is 0 Å². The Balaban J connectivity index is 2.98. The molecular weight excluding hydrogens is 255 g/mol. The lowest BCUT2D eigenvalue weighted by Crippen LogP contribution is -2.44. The third-order valence-electron chi connectivity index (χ3n) is 1.78. The number of nitrogens with two attached hydrogens (primary N) is 1. The van der Waals surface area contributed by atoms with Crippen LogP contribution >= 0.6 is 12.2 Å². The van der Waals surface area contributed by atoms with Crippen molar-refractivity contribution >= 4 is 23.2 Å². The fourth-order valence-corrected chi connectivity index (χ4v) is 1.17. The smallest absolute Gasteiger partial charge is 0.375 e. The number of halogens is 3. The fourth-order valence-electron chi connectivity index (χ4n) is 1.11. The Morgan fingerprint density at radius 3 is 2.35 bits per heavy atom. The Labute approximate surface area is 100.0 Å². The molecule has 0 aliphatic rings. The average Bonchev–Trinajstić information content (AvgIpc) is 2.24. The fraction of sp³-hybridized carbons (Fsp3) is 0.111. The van der Waals surface area contributed by atoms with E-state index >= 15 is 0 Å². The summed E-state index contributed by atoms with van der Waals surface area (Å²) in [4.78, 5) is 11.4. The van der Waals surface area contributed by atoms with Crippen molar-refractivity contribution in [3.05, 3.63) is 35.4 Å². The van der Waals surface area contributed by atoms with Gasteiger partial charge in [-0.15, -0.1) is 0 Å². The molecule has 1 amide bonds. The van der Waals surface area contributed by atoms with Crippen molar-refractivity contribution in [1.29, 1.82) is 0 Å². The van der Waals surface area contributed by atoms with Gasteiger partial charge in [-0.25, -0.2) is 0 Å². The number of amides is 1. The van der Waals surface area contributed by atoms with Gasteiger partial charge in [0.25, 0.3) is 5.91 Å². The normalized spacial score (nSPS) is 10.8. The number of thiocarbonyl (C=S) groups is 1. The molecule has 1 aromatic carbocycles. The highest BCUT2D eigenvalue weighted by atomic mass is 32.1. The maximum atomic E-state index is 12.6. The van der Waals surface area contributed by atoms with Gasteiger partial charge in [-0.1, -0.05) is 12.1 Å². The zero-order chi connectivity index (χ0) is 13.1. The summed E-state index contributed by atoms with van der Waals surface area (Å²) in [6.45, 7) is 0. The van der Waals surface area contributed by atoms with Crippen LogP contribution in [0.2, 0.25) is 0 Å². The Morgan fingerprint density at radius 1 is 1.24 bits per heavy atom. The molecule has 0 aromatic heterocycles. The maximum Gasteiger partial charge on any atom is 0.417 e. The minimum atomic E-state index is -4.60. The van der Waals surface area contributed by atoms with Gasteiger partial charge >= 0.3 is 6.18 Å². The van der Waals surface area contributed by atoms with E-state index in [-0.39, 0.29) is 5.11 Å². The van der Waals surface area contributed by atoms with Gasteiger partial charge in [0.1, 0.15) is 0 Å². The van der Waals surface area contributed by atoms with Crippen molar-refractivity contribution in [2.45, 2.75) is 6.18 Å². The monoisotopic (exact) mass is 263 g/mol. The van der Waals surface area contributed by atoms with E-state index in [4.69, 9.17) is 5.73 Å². The largest absolute Gasteiger partial charge is 0.417 e. The molecule has 0 aliphatic heterocycles. The predicted molar refractivity (Wildman–Crippen MR) is 58.8 cm³/mol. The summed E-state index contributed by atoms with van der Waals surface area (Å²) in [5, 5.41) is -0.247. The zero-order valence-electron chi connectivity index (χ0n) is 8.34. The van der Waals surface area contributed by atoms with E-state index < -0.39 is 23.2 Å². The molecule has 1 aromatic rings. The summed E-state index contributed by atoms with van der Waals surface area (Å²) >= 11 is 4.40. The van der Waals surface area contributed by atoms with Crippen molar-refractivity contribution in [3.8, 4) is 0 Å². The third kappa shape index (κ3) is 3.59. The highest BCUT2D eigenvalue weighted by Crippen LogP contribution is 2.31. The molecular formula is C9H8F3N3OS. The van der Waals surface area contributed by atoms with E-state index in [2.05, 4.69) is 17.6 Å². The second kappa shape index (κ2) is 5.00. The summed E-state index contributed by atoms with van der Waals surface area (Å²) in [6.07, 6.45) is -4.60. The Morgan fingerprint density at radius 2 is 1.82 bits per heavy atom. The number of alkyl halides is 3. The lowest BCUT2D eigenvalue weighted by atomic mass is 10.1. The lowest BCUT2D eigenvalue weighted by molar-refractivity contribution is -0.137. The van der Waals surface area contributed by atoms with Gasteiger partial charge in [0, 0.05) is 0 Å². The molecule has 4 N–H and O–H groups in total. The van der Waals surface area contributed by atoms with Crippen LogP contribution in [-0.4, -0.2) is 11.0 Å². The standard InChI is InChI=1S/C9H8F3N3OS/c10-9(11,12)6-4-2-1-3-5(6)7(16)14-15-8(13)17/h1-4H,(H,14,16)(H3,13,15,17). The minimum absolute atomic E-state index is 0.247. The van der Waals surface area contributed by atoms with Crippen LogP contribution in [0.25, 0.3) is 0 Å². The second-order valence-electron chi connectivity index (χ2n) is 2.99. The molecule has 0 heterocycles. The van der Waals surface area contributed by atoms with Crippen LogP contribution in [0.1, 0.15) is 15.9 Å². The number of hydrogen-bond donors (Lipinski definition) is 3. The number of hydrazine groups is 1. The molecule has 0 bridgehead atoms. The Hall–Kier alpha value is -1.83. The van der Waals surface area contributed by atoms with Crippen molar-refractivity contribution in [2.24, 2.45) is 5.73 Å². The minimum Gasteiger partial charge on any atom is -0.375 e. The molecule has 0 atom stereocenters. The molecule has 17 heavy (non-hydrogen) atoms. The average molecular weight is 263 g/mol. The van der Waals surface area contributed by atoms with E-state index in [9.17, 15) is 18.0 Å². The molecule has 0 unspecified atom stereocenters. The molecule has 8 heteroatoms. The number of rotatable bonds is 1. The molecule has 0 saturated heterocycles. The van der Waals surface area contributed by atoms with E-state index in [1.807, 2.05) is 5.43 Å². The highest BCUT2D eigenvalue weighted by Gasteiger charge is 2.34. The van der Waals surface area contributed by atoms with Crippen LogP contribution in [0.15, 0.2) is 24.3 Å². The molecule has 4 nitrogen and oxygen atoms in total. The zero-order valence-corrected chi connectivity index (χ0v) is 9.15. The first-order valence-corrected chi connectivity index (χ1v) is 4.75. The van der Waals surface area contributed by atoms with Crippen molar-refractivity contribution in [1.82, 2.24) is 10.9 Å². The molecule has 0 radical (unpaired) electrons. The molecule has 0 saturated carbocycles. The second-order valence-corrected chi connectivity index (χ2v) is 3.43. The van der Waals surface area contributed by atoms with Gasteiger partial charge in [0.15, 0.2) is 5.11 Å². The van der Waals surface area contributed by atoms with Gasteiger partial charge in [-0.3, -0.25) is 15.6 Å². The van der Waals surface area contributed by atoms with Gasteiger partial charge in [-0.05, 0) is 24.4 Å². The third-order valence-corrected chi connectivity index (χ3v) is 1.88. The van der Waals surface area contributed by atoms with Crippen LogP contribution in [0.5, 0.6) is 0 Å². The van der Waals surface area contributed by atoms with Crippen molar-refractivity contribution in [2.75, 3.05) is 0 Å². The van der Waals surface area contributed by atoms with E-state index in [0.717, 1.165) is 12.1 Å². The van der Waals surface area contributed by atoms with E-state index in [1.54, 1.807) is 0 Å². The van der Waals surface area contributed by atoms with Crippen LogP contribution < -0.4 is 16.6 Å². The number of hydrogen-bond acceptors (Lipinski definition) is 2. The number of carbonyl (C=O) groups excluding carboxylic acids is 1. The summed E-state index contributed by atoms with van der Waals surface area (Å²) in [7, 11) is 0. The van der Waals surface area contributed by atoms with Crippen LogP contribution in [-0.2, 0) is 6.18 Å². The topological polar surface area (TPSA) is 67.2 Å². The van der Waals surface area contributed by atoms with Crippen molar-refractivity contribution in [3.63, 3.8) is 0 Å². The Kier molecular flexibility index (Phi) is 3.89. The molecule has 0 aliphatic carbocycles. The summed E-state index contributed by atoms with van der Waals surface area (Å²) in [6, 6.07) is 4.39. The molecule has 0 fully saturated rings. The number of nitrogens with one attached hydrogen (secondary N) is 2. The van der Waals surface area contributed by atoms with E-state index in [1.165, 1.54) is 12.1 Å². The first-order chi connectivity index (χ1) is 7.82. The molecule has 1 rings (SSSR count). The Bertz CT molecular complexity index is 447. The van der Waals surface area contributed by atoms with Gasteiger partial charge in [0.2, 0.25) is 0 Å². The summed E-state index contributed by atoms with van der Waals surface area (Å²) in [5.74, 6) is -0.967. The summed E-state index contributed by atoms with van der Waals surface area (Å²) in [5.41, 5.74) is 7.51. The van der Waals surface area contributed by atoms with Gasteiger partial charge in [-0.2, -0.15) is 13.2 Å². The first kappa shape index (κ1) is 13.2. The predicted octanol–water partition coefficient (Wildman–Crippen LogP) is 1.18. The van der Waals surface area contributed by atoms with E-state index in [0.29, 0.717) is 0 Å². The van der Waals surface area contributed by atoms with Gasteiger partial charge < -0.3 is 5.73 Å². The quantitative estimate of drug-likeness (QED) is 0.526. The maximum absolute atomic E-state index is 12.6. The lowest BCUT2D eigenvalue weighted by Gasteiger charge is -2.12. The molecule has 92 valence electrons. The SMILES string of the molecule is NC(=S)NNC(=O)c1ccccc1C(F)(F)F. The van der Waals surface area contributed by atoms with Gasteiger partial charge in [0.05, 0.1) is 11.1 Å². The highest BCUT2D eigenvalue weighted by molar-refractivity contribution is 7.80. The number of benzene rings is 1. The molecule has 0 spiro atoms. The van der Waals surface area contributed by atoms with Crippen LogP contribution in [0.3, 0.4) is 0 Å². The van der Waals surface area contributed by atoms with Crippen molar-refractivity contribution < 1.29 is 18.0 Å².